The van der Waals surface area contributed by atoms with Gasteiger partial charge in [0.05, 0.1) is 21.7 Å². The minimum Gasteiger partial charge on any atom is -0.330 e. The zero-order valence-electron chi connectivity index (χ0n) is 9.75. The molecule has 0 unspecified atom stereocenters. The van der Waals surface area contributed by atoms with E-state index in [0.717, 1.165) is 10.2 Å². The van der Waals surface area contributed by atoms with Crippen molar-refractivity contribution < 1.29 is 4.39 Å². The average molecular weight is 392 g/mol. The van der Waals surface area contributed by atoms with Gasteiger partial charge in [-0.25, -0.2) is 4.39 Å². The van der Waals surface area contributed by atoms with Crippen LogP contribution in [0.15, 0.2) is 34.8 Å². The molecule has 0 aliphatic heterocycles. The standard InChI is InChI=1S/C13H6BrCl2FN2S/c14-7-3-6(15)1-2-11(7)19-12-5-9(17)8(16)4-10(12)18-13(19)20/h1-5H,(H,18,20). The van der Waals surface area contributed by atoms with Crippen LogP contribution >= 0.6 is 51.3 Å². The third-order valence-electron chi connectivity index (χ3n) is 2.87. The maximum Gasteiger partial charge on any atom is 0.182 e. The van der Waals surface area contributed by atoms with Crippen molar-refractivity contribution in [1.82, 2.24) is 9.55 Å². The van der Waals surface area contributed by atoms with Gasteiger partial charge in [-0.1, -0.05) is 23.2 Å². The number of benzene rings is 2. The monoisotopic (exact) mass is 390 g/mol. The molecule has 102 valence electrons. The Balaban J connectivity index is 2.39. The second-order valence-corrected chi connectivity index (χ2v) is 6.23. The fourth-order valence-corrected chi connectivity index (χ4v) is 3.33. The Bertz CT molecular complexity index is 888. The summed E-state index contributed by atoms with van der Waals surface area (Å²) in [6, 6.07) is 8.17. The lowest BCUT2D eigenvalue weighted by Gasteiger charge is -2.08. The first-order chi connectivity index (χ1) is 9.47. The van der Waals surface area contributed by atoms with Crippen molar-refractivity contribution in [3.63, 3.8) is 0 Å². The molecule has 3 aromatic rings. The minimum atomic E-state index is -0.494. The zero-order valence-corrected chi connectivity index (χ0v) is 13.7. The van der Waals surface area contributed by atoms with Crippen LogP contribution in [0.4, 0.5) is 4.39 Å². The van der Waals surface area contributed by atoms with Crippen molar-refractivity contribution in [3.05, 3.63) is 55.4 Å². The molecule has 0 amide bonds. The van der Waals surface area contributed by atoms with Gasteiger partial charge in [0.25, 0.3) is 0 Å². The lowest BCUT2D eigenvalue weighted by Crippen LogP contribution is -1.95. The summed E-state index contributed by atoms with van der Waals surface area (Å²) >= 11 is 20.5. The predicted molar refractivity (Wildman–Crippen MR) is 86.1 cm³/mol. The van der Waals surface area contributed by atoms with Crippen LogP contribution in [0, 0.1) is 10.6 Å². The number of fused-ring (bicyclic) bond motifs is 1. The number of aromatic nitrogens is 2. The van der Waals surface area contributed by atoms with Gasteiger partial charge in [-0.05, 0) is 52.4 Å². The van der Waals surface area contributed by atoms with Crippen molar-refractivity contribution in [2.75, 3.05) is 0 Å². The SMILES string of the molecule is Fc1cc2c(cc1Cl)[nH]c(=S)n2-c1ccc(Cl)cc1Br. The third-order valence-corrected chi connectivity index (χ3v) is 4.32. The van der Waals surface area contributed by atoms with E-state index in [0.29, 0.717) is 20.8 Å². The molecule has 20 heavy (non-hydrogen) atoms. The average Bonchev–Trinajstić information content (AvgIpc) is 2.66. The number of nitrogens with one attached hydrogen (secondary N) is 1. The zero-order chi connectivity index (χ0) is 14.4. The molecule has 0 aliphatic carbocycles. The molecule has 0 saturated carbocycles. The number of imidazole rings is 1. The minimum absolute atomic E-state index is 0.0519. The van der Waals surface area contributed by atoms with E-state index in [1.165, 1.54) is 12.1 Å². The summed E-state index contributed by atoms with van der Waals surface area (Å²) in [5.74, 6) is -0.494. The Labute approximate surface area is 137 Å². The fourth-order valence-electron chi connectivity index (χ4n) is 2.00. The molecule has 0 radical (unpaired) electrons. The second kappa shape index (κ2) is 5.15. The highest BCUT2D eigenvalue weighted by atomic mass is 79.9. The van der Waals surface area contributed by atoms with Crippen LogP contribution < -0.4 is 0 Å². The maximum absolute atomic E-state index is 13.7. The fraction of sp³-hybridized carbons (Fsp3) is 0. The van der Waals surface area contributed by atoms with Crippen molar-refractivity contribution in [1.29, 1.82) is 0 Å². The molecule has 1 aromatic heterocycles. The van der Waals surface area contributed by atoms with E-state index in [-0.39, 0.29) is 5.02 Å². The number of nitrogens with zero attached hydrogens (tertiary/aromatic N) is 1. The van der Waals surface area contributed by atoms with Gasteiger partial charge in [0.1, 0.15) is 5.82 Å². The van der Waals surface area contributed by atoms with E-state index in [1.54, 1.807) is 16.7 Å². The van der Waals surface area contributed by atoms with Gasteiger partial charge in [-0.2, -0.15) is 0 Å². The Kier molecular flexibility index (Phi) is 3.62. The number of hydrogen-bond donors (Lipinski definition) is 1. The Hall–Kier alpha value is -0.880. The largest absolute Gasteiger partial charge is 0.330 e. The predicted octanol–water partition coefficient (Wildman–Crippen LogP) is 5.90. The highest BCUT2D eigenvalue weighted by Gasteiger charge is 2.12. The molecule has 3 rings (SSSR count). The maximum atomic E-state index is 13.7. The Morgan fingerprint density at radius 2 is 1.95 bits per heavy atom. The second-order valence-electron chi connectivity index (χ2n) is 4.14. The summed E-state index contributed by atoms with van der Waals surface area (Å²) in [7, 11) is 0. The summed E-state index contributed by atoms with van der Waals surface area (Å²) in [5, 5.41) is 0.650. The molecule has 1 N–H and O–H groups in total. The molecule has 0 fully saturated rings. The number of H-pyrrole nitrogens is 1. The van der Waals surface area contributed by atoms with Crippen LogP contribution in [0.3, 0.4) is 0 Å². The van der Waals surface area contributed by atoms with Gasteiger partial charge < -0.3 is 4.98 Å². The van der Waals surface area contributed by atoms with Crippen molar-refractivity contribution in [3.8, 4) is 5.69 Å². The molecule has 0 aliphatic rings. The van der Waals surface area contributed by atoms with Crippen molar-refractivity contribution in [2.45, 2.75) is 0 Å². The van der Waals surface area contributed by atoms with E-state index < -0.39 is 5.82 Å². The number of rotatable bonds is 1. The third kappa shape index (κ3) is 2.29. The topological polar surface area (TPSA) is 20.7 Å². The van der Waals surface area contributed by atoms with Crippen LogP contribution in [0.2, 0.25) is 10.0 Å². The Morgan fingerprint density at radius 3 is 2.65 bits per heavy atom. The van der Waals surface area contributed by atoms with E-state index in [1.807, 2.05) is 6.07 Å². The molecule has 0 bridgehead atoms. The molecule has 7 heteroatoms. The molecule has 0 atom stereocenters. The van der Waals surface area contributed by atoms with Crippen LogP contribution in [0.1, 0.15) is 0 Å². The highest BCUT2D eigenvalue weighted by molar-refractivity contribution is 9.10. The molecular formula is C13H6BrCl2FN2S. The highest BCUT2D eigenvalue weighted by Crippen LogP contribution is 2.30. The lowest BCUT2D eigenvalue weighted by molar-refractivity contribution is 0.629. The number of halogens is 4. The number of aromatic amines is 1. The smallest absolute Gasteiger partial charge is 0.182 e. The summed E-state index contributed by atoms with van der Waals surface area (Å²) in [6.45, 7) is 0. The first-order valence-corrected chi connectivity index (χ1v) is 7.48. The van der Waals surface area contributed by atoms with Gasteiger partial charge in [0.2, 0.25) is 0 Å². The summed E-state index contributed by atoms with van der Waals surface area (Å²) in [5.41, 5.74) is 2.05. The molecule has 0 spiro atoms. The number of hydrogen-bond acceptors (Lipinski definition) is 1. The van der Waals surface area contributed by atoms with E-state index in [9.17, 15) is 4.39 Å². The lowest BCUT2D eigenvalue weighted by atomic mass is 10.2. The summed E-state index contributed by atoms with van der Waals surface area (Å²) < 4.78 is 16.6. The van der Waals surface area contributed by atoms with Crippen LogP contribution in [0.25, 0.3) is 16.7 Å². The normalized spacial score (nSPS) is 11.2. The molecule has 1 heterocycles. The molecule has 0 saturated heterocycles. The van der Waals surface area contributed by atoms with E-state index >= 15 is 0 Å². The van der Waals surface area contributed by atoms with Crippen LogP contribution in [-0.2, 0) is 0 Å². The van der Waals surface area contributed by atoms with Gasteiger partial charge in [0, 0.05) is 15.6 Å². The molecule has 2 aromatic carbocycles. The Morgan fingerprint density at radius 1 is 1.20 bits per heavy atom. The molecular weight excluding hydrogens is 386 g/mol. The van der Waals surface area contributed by atoms with Gasteiger partial charge >= 0.3 is 0 Å². The van der Waals surface area contributed by atoms with Gasteiger partial charge in [0.15, 0.2) is 4.77 Å². The first kappa shape index (κ1) is 14.1. The summed E-state index contributed by atoms with van der Waals surface area (Å²) in [4.78, 5) is 3.01. The van der Waals surface area contributed by atoms with E-state index in [4.69, 9.17) is 35.4 Å². The first-order valence-electron chi connectivity index (χ1n) is 5.52. The molecule has 2 nitrogen and oxygen atoms in total. The summed E-state index contributed by atoms with van der Waals surface area (Å²) in [6.07, 6.45) is 0. The van der Waals surface area contributed by atoms with Gasteiger partial charge in [-0.15, -0.1) is 0 Å². The van der Waals surface area contributed by atoms with Crippen LogP contribution in [0.5, 0.6) is 0 Å². The van der Waals surface area contributed by atoms with E-state index in [2.05, 4.69) is 20.9 Å². The van der Waals surface area contributed by atoms with Crippen molar-refractivity contribution in [2.24, 2.45) is 0 Å². The van der Waals surface area contributed by atoms with Gasteiger partial charge in [-0.3, -0.25) is 4.57 Å². The van der Waals surface area contributed by atoms with Crippen LogP contribution in [-0.4, -0.2) is 9.55 Å². The quantitative estimate of drug-likeness (QED) is 0.512. The van der Waals surface area contributed by atoms with Crippen molar-refractivity contribution >= 4 is 62.4 Å².